The molecule has 0 saturated carbocycles. The summed E-state index contributed by atoms with van der Waals surface area (Å²) in [4.78, 5) is 25.9. The molecule has 0 aliphatic carbocycles. The number of halogens is 2. The van der Waals surface area contributed by atoms with Crippen LogP contribution in [0.2, 0.25) is 0 Å². The molecule has 1 N–H and O–H groups in total. The topological polar surface area (TPSA) is 58.6 Å². The lowest BCUT2D eigenvalue weighted by atomic mass is 10.1. The van der Waals surface area contributed by atoms with Gasteiger partial charge in [0.05, 0.1) is 12.1 Å². The number of ether oxygens (including phenoxy) is 1. The molecule has 0 spiro atoms. The molecule has 2 aromatic rings. The Bertz CT molecular complexity index is 809. The van der Waals surface area contributed by atoms with Crippen LogP contribution in [0.1, 0.15) is 21.5 Å². The van der Waals surface area contributed by atoms with Crippen molar-refractivity contribution < 1.29 is 23.1 Å². The van der Waals surface area contributed by atoms with Crippen LogP contribution in [-0.4, -0.2) is 36.9 Å². The quantitative estimate of drug-likeness (QED) is 0.854. The molecular weight excluding hydrogens is 342 g/mol. The van der Waals surface area contributed by atoms with Crippen molar-refractivity contribution in [2.75, 3.05) is 18.9 Å². The van der Waals surface area contributed by atoms with E-state index < -0.39 is 12.5 Å². The van der Waals surface area contributed by atoms with Crippen molar-refractivity contribution in [2.45, 2.75) is 20.5 Å². The highest BCUT2D eigenvalue weighted by Gasteiger charge is 2.20. The lowest BCUT2D eigenvalue weighted by molar-refractivity contribution is -0.116. The molecule has 0 heterocycles. The average molecular weight is 362 g/mol. The van der Waals surface area contributed by atoms with Crippen molar-refractivity contribution in [3.63, 3.8) is 0 Å². The van der Waals surface area contributed by atoms with Gasteiger partial charge < -0.3 is 15.0 Å². The highest BCUT2D eigenvalue weighted by Crippen LogP contribution is 2.22. The molecule has 0 saturated heterocycles. The molecule has 0 atom stereocenters. The van der Waals surface area contributed by atoms with E-state index in [2.05, 4.69) is 10.1 Å². The van der Waals surface area contributed by atoms with E-state index in [0.717, 1.165) is 16.0 Å². The molecule has 2 rings (SSSR count). The van der Waals surface area contributed by atoms with Crippen molar-refractivity contribution in [2.24, 2.45) is 0 Å². The number of benzene rings is 2. The van der Waals surface area contributed by atoms with Crippen LogP contribution in [0, 0.1) is 13.8 Å². The van der Waals surface area contributed by atoms with Crippen molar-refractivity contribution in [3.05, 3.63) is 59.2 Å². The van der Waals surface area contributed by atoms with Gasteiger partial charge in [0.2, 0.25) is 5.91 Å². The number of carbonyl (C=O) groups is 2. The fourth-order valence-corrected chi connectivity index (χ4v) is 2.41. The fourth-order valence-electron chi connectivity index (χ4n) is 2.41. The van der Waals surface area contributed by atoms with Gasteiger partial charge in [-0.25, -0.2) is 0 Å². The Morgan fingerprint density at radius 2 is 1.81 bits per heavy atom. The van der Waals surface area contributed by atoms with Gasteiger partial charge in [-0.1, -0.05) is 24.3 Å². The molecule has 0 bridgehead atoms. The Hall–Kier alpha value is -2.96. The molecule has 0 aliphatic rings. The Balaban J connectivity index is 2.07. The van der Waals surface area contributed by atoms with Crippen LogP contribution in [0.4, 0.5) is 14.5 Å². The zero-order valence-electron chi connectivity index (χ0n) is 14.8. The summed E-state index contributed by atoms with van der Waals surface area (Å²) in [6.45, 7) is 0.551. The molecule has 5 nitrogen and oxygen atoms in total. The van der Waals surface area contributed by atoms with E-state index in [4.69, 9.17) is 0 Å². The summed E-state index contributed by atoms with van der Waals surface area (Å²) < 4.78 is 29.3. The maximum absolute atomic E-state index is 12.5. The summed E-state index contributed by atoms with van der Waals surface area (Å²) in [6, 6.07) is 11.2. The highest BCUT2D eigenvalue weighted by atomic mass is 19.3. The highest BCUT2D eigenvalue weighted by molar-refractivity contribution is 6.01. The molecule has 7 heteroatoms. The molecule has 2 amide bonds. The Labute approximate surface area is 150 Å². The number of hydrogen-bond acceptors (Lipinski definition) is 3. The second-order valence-electron chi connectivity index (χ2n) is 5.83. The Kier molecular flexibility index (Phi) is 6.27. The molecule has 26 heavy (non-hydrogen) atoms. The van der Waals surface area contributed by atoms with Crippen molar-refractivity contribution in [1.29, 1.82) is 0 Å². The monoisotopic (exact) mass is 362 g/mol. The molecule has 0 aliphatic heterocycles. The van der Waals surface area contributed by atoms with Gasteiger partial charge in [0.15, 0.2) is 0 Å². The lowest BCUT2D eigenvalue weighted by Gasteiger charge is -2.19. The van der Waals surface area contributed by atoms with Crippen LogP contribution >= 0.6 is 0 Å². The van der Waals surface area contributed by atoms with Crippen LogP contribution in [0.3, 0.4) is 0 Å². The number of anilines is 1. The number of para-hydroxylation sites is 1. The van der Waals surface area contributed by atoms with Crippen LogP contribution in [0.15, 0.2) is 42.5 Å². The van der Waals surface area contributed by atoms with Gasteiger partial charge in [-0.15, -0.1) is 0 Å². The number of aryl methyl sites for hydroxylation is 1. The molecule has 2 aromatic carbocycles. The molecular formula is C19H20F2N2O3. The zero-order chi connectivity index (χ0) is 19.3. The summed E-state index contributed by atoms with van der Waals surface area (Å²) in [7, 11) is 1.42. The molecule has 0 aromatic heterocycles. The number of amides is 2. The third-order valence-electron chi connectivity index (χ3n) is 3.94. The first kappa shape index (κ1) is 19.4. The molecule has 0 radical (unpaired) electrons. The second kappa shape index (κ2) is 8.42. The van der Waals surface area contributed by atoms with E-state index in [-0.39, 0.29) is 23.8 Å². The number of carbonyl (C=O) groups excluding carboxylic acids is 2. The summed E-state index contributed by atoms with van der Waals surface area (Å²) in [6.07, 6.45) is 0. The van der Waals surface area contributed by atoms with Gasteiger partial charge in [0.1, 0.15) is 5.75 Å². The fraction of sp³-hybridized carbons (Fsp3) is 0.263. The second-order valence-corrected chi connectivity index (χ2v) is 5.83. The van der Waals surface area contributed by atoms with E-state index in [0.29, 0.717) is 5.69 Å². The molecule has 0 fully saturated rings. The average Bonchev–Trinajstić information content (AvgIpc) is 2.58. The minimum Gasteiger partial charge on any atom is -0.434 e. The standard InChI is InChI=1S/C19H20F2N2O3/c1-12-7-6-9-15(13(12)2)22-17(24)11-23(3)18(25)14-8-4-5-10-16(14)26-19(20)21/h4-10,19H,11H2,1-3H3,(H,22,24). The smallest absolute Gasteiger partial charge is 0.387 e. The SMILES string of the molecule is Cc1cccc(NC(=O)CN(C)C(=O)c2ccccc2OC(F)F)c1C. The first-order valence-corrected chi connectivity index (χ1v) is 7.95. The van der Waals surface area contributed by atoms with Gasteiger partial charge in [-0.2, -0.15) is 8.78 Å². The minimum absolute atomic E-state index is 0.0326. The Morgan fingerprint density at radius 1 is 1.12 bits per heavy atom. The van der Waals surface area contributed by atoms with E-state index in [1.165, 1.54) is 31.3 Å². The van der Waals surface area contributed by atoms with Gasteiger partial charge in [0.25, 0.3) is 5.91 Å². The maximum atomic E-state index is 12.5. The molecule has 138 valence electrons. The summed E-state index contributed by atoms with van der Waals surface area (Å²) in [5, 5.41) is 2.75. The van der Waals surface area contributed by atoms with Gasteiger partial charge >= 0.3 is 6.61 Å². The van der Waals surface area contributed by atoms with Crippen LogP contribution < -0.4 is 10.1 Å². The largest absolute Gasteiger partial charge is 0.434 e. The van der Waals surface area contributed by atoms with Crippen LogP contribution in [0.5, 0.6) is 5.75 Å². The molecule has 0 unspecified atom stereocenters. The summed E-state index contributed by atoms with van der Waals surface area (Å²) >= 11 is 0. The van der Waals surface area contributed by atoms with Crippen molar-refractivity contribution in [1.82, 2.24) is 4.90 Å². The number of nitrogens with one attached hydrogen (secondary N) is 1. The third-order valence-corrected chi connectivity index (χ3v) is 3.94. The number of hydrogen-bond donors (Lipinski definition) is 1. The van der Waals surface area contributed by atoms with Gasteiger partial charge in [0, 0.05) is 12.7 Å². The number of rotatable bonds is 6. The minimum atomic E-state index is -3.04. The maximum Gasteiger partial charge on any atom is 0.387 e. The third kappa shape index (κ3) is 4.78. The predicted octanol–water partition coefficient (Wildman–Crippen LogP) is 3.62. The first-order valence-electron chi connectivity index (χ1n) is 7.95. The van der Waals surface area contributed by atoms with Gasteiger partial charge in [-0.05, 0) is 43.2 Å². The summed E-state index contributed by atoms with van der Waals surface area (Å²) in [5.74, 6) is -1.20. The van der Waals surface area contributed by atoms with E-state index in [1.807, 2.05) is 26.0 Å². The lowest BCUT2D eigenvalue weighted by Crippen LogP contribution is -2.35. The van der Waals surface area contributed by atoms with Crippen molar-refractivity contribution in [3.8, 4) is 5.75 Å². The van der Waals surface area contributed by atoms with E-state index >= 15 is 0 Å². The number of likely N-dealkylation sites (N-methyl/N-ethyl adjacent to an activating group) is 1. The van der Waals surface area contributed by atoms with Crippen molar-refractivity contribution >= 4 is 17.5 Å². The van der Waals surface area contributed by atoms with E-state index in [9.17, 15) is 18.4 Å². The van der Waals surface area contributed by atoms with Gasteiger partial charge in [-0.3, -0.25) is 9.59 Å². The Morgan fingerprint density at radius 3 is 2.50 bits per heavy atom. The first-order chi connectivity index (χ1) is 12.3. The predicted molar refractivity (Wildman–Crippen MR) is 94.6 cm³/mol. The van der Waals surface area contributed by atoms with Crippen LogP contribution in [0.25, 0.3) is 0 Å². The number of alkyl halides is 2. The zero-order valence-corrected chi connectivity index (χ0v) is 14.8. The van der Waals surface area contributed by atoms with E-state index in [1.54, 1.807) is 6.07 Å². The number of nitrogens with zero attached hydrogens (tertiary/aromatic N) is 1. The normalized spacial score (nSPS) is 10.5. The van der Waals surface area contributed by atoms with Crippen LogP contribution in [-0.2, 0) is 4.79 Å². The summed E-state index contributed by atoms with van der Waals surface area (Å²) in [5.41, 5.74) is 2.60.